The van der Waals surface area contributed by atoms with Crippen molar-refractivity contribution < 1.29 is 18.3 Å². The van der Waals surface area contributed by atoms with Gasteiger partial charge in [-0.15, -0.1) is 0 Å². The minimum atomic E-state index is -2.85. The molecule has 1 amide bonds. The lowest BCUT2D eigenvalue weighted by Crippen LogP contribution is -2.37. The molecule has 2 rings (SSSR count). The summed E-state index contributed by atoms with van der Waals surface area (Å²) in [4.78, 5) is 16.6. The van der Waals surface area contributed by atoms with Crippen LogP contribution < -0.4 is 4.74 Å². The van der Waals surface area contributed by atoms with Gasteiger partial charge in [0.2, 0.25) is 5.91 Å². The summed E-state index contributed by atoms with van der Waals surface area (Å²) in [5.74, 6) is 0.0863. The maximum Gasteiger partial charge on any atom is 0.387 e. The molecule has 0 aliphatic carbocycles. The largest absolute Gasteiger partial charge is 0.435 e. The number of hydrogen-bond donors (Lipinski definition) is 0. The van der Waals surface area contributed by atoms with E-state index in [1.807, 2.05) is 54.2 Å². The Morgan fingerprint density at radius 1 is 0.962 bits per heavy atom. The second-order valence-corrected chi connectivity index (χ2v) is 6.30. The van der Waals surface area contributed by atoms with Crippen molar-refractivity contribution in [2.24, 2.45) is 0 Å². The Balaban J connectivity index is 2.02. The normalized spacial score (nSPS) is 11.0. The van der Waals surface area contributed by atoms with Gasteiger partial charge < -0.3 is 14.5 Å². The molecule has 0 radical (unpaired) electrons. The van der Waals surface area contributed by atoms with Crippen LogP contribution in [0.1, 0.15) is 11.1 Å². The van der Waals surface area contributed by atoms with E-state index in [0.717, 1.165) is 17.7 Å². The molecule has 0 saturated heterocycles. The van der Waals surface area contributed by atoms with Crippen molar-refractivity contribution in [2.45, 2.75) is 19.6 Å². The monoisotopic (exact) mass is 362 g/mol. The number of rotatable bonds is 9. The molecule has 0 aliphatic heterocycles. The molecule has 0 aromatic heterocycles. The number of ether oxygens (including phenoxy) is 1. The highest BCUT2D eigenvalue weighted by atomic mass is 19.3. The smallest absolute Gasteiger partial charge is 0.387 e. The van der Waals surface area contributed by atoms with Gasteiger partial charge in [0.25, 0.3) is 0 Å². The van der Waals surface area contributed by atoms with Crippen LogP contribution in [0.4, 0.5) is 8.78 Å². The van der Waals surface area contributed by atoms with Gasteiger partial charge in [-0.25, -0.2) is 0 Å². The Kier molecular flexibility index (Phi) is 7.53. The Morgan fingerprint density at radius 3 is 2.19 bits per heavy atom. The second kappa shape index (κ2) is 9.87. The summed E-state index contributed by atoms with van der Waals surface area (Å²) < 4.78 is 28.7. The van der Waals surface area contributed by atoms with E-state index >= 15 is 0 Å². The first-order chi connectivity index (χ1) is 12.4. The summed E-state index contributed by atoms with van der Waals surface area (Å²) >= 11 is 0. The number of amides is 1. The van der Waals surface area contributed by atoms with Crippen LogP contribution in [-0.4, -0.2) is 49.5 Å². The van der Waals surface area contributed by atoms with E-state index in [1.54, 1.807) is 12.1 Å². The van der Waals surface area contributed by atoms with Gasteiger partial charge in [-0.05, 0) is 37.4 Å². The SMILES string of the molecule is CN(C)CCN(Cc1ccccc1)C(=O)Cc1ccc(OC(F)F)cc1. The van der Waals surface area contributed by atoms with E-state index in [9.17, 15) is 13.6 Å². The van der Waals surface area contributed by atoms with Crippen LogP contribution in [0.2, 0.25) is 0 Å². The molecule has 0 unspecified atom stereocenters. The lowest BCUT2D eigenvalue weighted by Gasteiger charge is -2.25. The van der Waals surface area contributed by atoms with Crippen LogP contribution in [0.15, 0.2) is 54.6 Å². The van der Waals surface area contributed by atoms with E-state index in [-0.39, 0.29) is 18.1 Å². The molecule has 6 heteroatoms. The number of hydrogen-bond acceptors (Lipinski definition) is 3. The lowest BCUT2D eigenvalue weighted by atomic mass is 10.1. The van der Waals surface area contributed by atoms with Gasteiger partial charge in [0.1, 0.15) is 5.75 Å². The van der Waals surface area contributed by atoms with Gasteiger partial charge in [-0.3, -0.25) is 4.79 Å². The van der Waals surface area contributed by atoms with E-state index in [2.05, 4.69) is 4.74 Å². The third kappa shape index (κ3) is 6.80. The molecule has 140 valence electrons. The van der Waals surface area contributed by atoms with Crippen molar-refractivity contribution in [3.8, 4) is 5.75 Å². The Morgan fingerprint density at radius 2 is 1.62 bits per heavy atom. The predicted octanol–water partition coefficient (Wildman–Crippen LogP) is 3.42. The summed E-state index contributed by atoms with van der Waals surface area (Å²) in [5.41, 5.74) is 1.83. The highest BCUT2D eigenvalue weighted by molar-refractivity contribution is 5.78. The summed E-state index contributed by atoms with van der Waals surface area (Å²) in [6.07, 6.45) is 0.217. The highest BCUT2D eigenvalue weighted by Crippen LogP contribution is 2.16. The molecule has 0 bridgehead atoms. The topological polar surface area (TPSA) is 32.8 Å². The molecule has 0 N–H and O–H groups in total. The maximum absolute atomic E-state index is 12.7. The number of alkyl halides is 2. The molecular weight excluding hydrogens is 338 g/mol. The maximum atomic E-state index is 12.7. The molecule has 0 fully saturated rings. The minimum absolute atomic E-state index is 0.00164. The quantitative estimate of drug-likeness (QED) is 0.685. The average Bonchev–Trinajstić information content (AvgIpc) is 2.60. The van der Waals surface area contributed by atoms with E-state index in [1.165, 1.54) is 12.1 Å². The molecular formula is C20H24F2N2O2. The number of halogens is 2. The molecule has 0 atom stereocenters. The van der Waals surface area contributed by atoms with Crippen LogP contribution in [0.25, 0.3) is 0 Å². The predicted molar refractivity (Wildman–Crippen MR) is 97.2 cm³/mol. The first-order valence-electron chi connectivity index (χ1n) is 8.44. The zero-order chi connectivity index (χ0) is 18.9. The van der Waals surface area contributed by atoms with Gasteiger partial charge >= 0.3 is 6.61 Å². The van der Waals surface area contributed by atoms with E-state index in [0.29, 0.717) is 13.1 Å². The molecule has 26 heavy (non-hydrogen) atoms. The standard InChI is InChI=1S/C20H24F2N2O2/c1-23(2)12-13-24(15-17-6-4-3-5-7-17)19(25)14-16-8-10-18(11-9-16)26-20(21)22/h3-11,20H,12-15H2,1-2H3. The lowest BCUT2D eigenvalue weighted by molar-refractivity contribution is -0.131. The van der Waals surface area contributed by atoms with Crippen molar-refractivity contribution in [1.82, 2.24) is 9.80 Å². The molecule has 2 aromatic rings. The van der Waals surface area contributed by atoms with E-state index in [4.69, 9.17) is 0 Å². The number of carbonyl (C=O) groups is 1. The highest BCUT2D eigenvalue weighted by Gasteiger charge is 2.15. The molecule has 2 aromatic carbocycles. The molecule has 4 nitrogen and oxygen atoms in total. The van der Waals surface area contributed by atoms with Gasteiger partial charge in [-0.2, -0.15) is 8.78 Å². The molecule has 0 heterocycles. The fraction of sp³-hybridized carbons (Fsp3) is 0.350. The zero-order valence-corrected chi connectivity index (χ0v) is 15.1. The Labute approximate surface area is 153 Å². The van der Waals surface area contributed by atoms with Crippen LogP contribution in [0.3, 0.4) is 0 Å². The van der Waals surface area contributed by atoms with Crippen LogP contribution in [-0.2, 0) is 17.8 Å². The number of carbonyl (C=O) groups excluding carboxylic acids is 1. The van der Waals surface area contributed by atoms with Crippen molar-refractivity contribution in [1.29, 1.82) is 0 Å². The van der Waals surface area contributed by atoms with Crippen LogP contribution in [0, 0.1) is 0 Å². The number of benzene rings is 2. The Hall–Kier alpha value is -2.47. The summed E-state index contributed by atoms with van der Waals surface area (Å²) in [5, 5.41) is 0. The third-order valence-electron chi connectivity index (χ3n) is 3.89. The molecule has 0 aliphatic rings. The summed E-state index contributed by atoms with van der Waals surface area (Å²) in [6, 6.07) is 16.0. The summed E-state index contributed by atoms with van der Waals surface area (Å²) in [6.45, 7) is -0.928. The first-order valence-corrected chi connectivity index (χ1v) is 8.44. The summed E-state index contributed by atoms with van der Waals surface area (Å²) in [7, 11) is 3.93. The first kappa shape index (κ1) is 19.8. The molecule has 0 spiro atoms. The number of likely N-dealkylation sites (N-methyl/N-ethyl adjacent to an activating group) is 1. The minimum Gasteiger partial charge on any atom is -0.435 e. The zero-order valence-electron chi connectivity index (χ0n) is 15.1. The second-order valence-electron chi connectivity index (χ2n) is 6.30. The fourth-order valence-electron chi connectivity index (χ4n) is 2.49. The van der Waals surface area contributed by atoms with E-state index < -0.39 is 6.61 Å². The number of nitrogens with zero attached hydrogens (tertiary/aromatic N) is 2. The van der Waals surface area contributed by atoms with Crippen molar-refractivity contribution in [3.63, 3.8) is 0 Å². The fourth-order valence-corrected chi connectivity index (χ4v) is 2.49. The van der Waals surface area contributed by atoms with Crippen molar-refractivity contribution in [2.75, 3.05) is 27.2 Å². The van der Waals surface area contributed by atoms with Crippen molar-refractivity contribution in [3.05, 3.63) is 65.7 Å². The third-order valence-corrected chi connectivity index (χ3v) is 3.89. The van der Waals surface area contributed by atoms with Gasteiger partial charge in [-0.1, -0.05) is 42.5 Å². The Bertz CT molecular complexity index is 676. The van der Waals surface area contributed by atoms with Crippen molar-refractivity contribution >= 4 is 5.91 Å². The van der Waals surface area contributed by atoms with Crippen LogP contribution >= 0.6 is 0 Å². The van der Waals surface area contributed by atoms with Crippen LogP contribution in [0.5, 0.6) is 5.75 Å². The van der Waals surface area contributed by atoms with Gasteiger partial charge in [0.15, 0.2) is 0 Å². The van der Waals surface area contributed by atoms with Gasteiger partial charge in [0, 0.05) is 19.6 Å². The van der Waals surface area contributed by atoms with Gasteiger partial charge in [0.05, 0.1) is 6.42 Å². The molecule has 0 saturated carbocycles. The average molecular weight is 362 g/mol.